The van der Waals surface area contributed by atoms with Crippen LogP contribution in [0.25, 0.3) is 0 Å². The summed E-state index contributed by atoms with van der Waals surface area (Å²) in [4.78, 5) is 34.9. The van der Waals surface area contributed by atoms with Crippen LogP contribution in [0.15, 0.2) is 24.3 Å². The number of rotatable bonds is 9. The van der Waals surface area contributed by atoms with Gasteiger partial charge in [-0.15, -0.1) is 0 Å². The second-order valence-corrected chi connectivity index (χ2v) is 5.74. The maximum atomic E-state index is 12.0. The Morgan fingerprint density at radius 3 is 2.22 bits per heavy atom. The first kappa shape index (κ1) is 18.7. The summed E-state index contributed by atoms with van der Waals surface area (Å²) < 4.78 is 5.01. The van der Waals surface area contributed by atoms with E-state index in [1.165, 1.54) is 7.11 Å². The molecule has 6 nitrogen and oxygen atoms in total. The van der Waals surface area contributed by atoms with E-state index in [2.05, 4.69) is 5.32 Å². The van der Waals surface area contributed by atoms with Crippen molar-refractivity contribution in [3.63, 3.8) is 0 Å². The van der Waals surface area contributed by atoms with E-state index >= 15 is 0 Å². The van der Waals surface area contributed by atoms with E-state index in [4.69, 9.17) is 9.84 Å². The molecule has 0 fully saturated rings. The third-order valence-electron chi connectivity index (χ3n) is 3.33. The molecule has 0 aliphatic carbocycles. The van der Waals surface area contributed by atoms with Crippen molar-refractivity contribution in [2.24, 2.45) is 5.92 Å². The van der Waals surface area contributed by atoms with Gasteiger partial charge in [0.15, 0.2) is 5.78 Å². The van der Waals surface area contributed by atoms with Gasteiger partial charge in [0, 0.05) is 18.4 Å². The zero-order valence-corrected chi connectivity index (χ0v) is 13.7. The van der Waals surface area contributed by atoms with Crippen molar-refractivity contribution in [3.05, 3.63) is 29.8 Å². The Labute approximate surface area is 135 Å². The van der Waals surface area contributed by atoms with Crippen LogP contribution in [0.1, 0.15) is 43.5 Å². The Bertz CT molecular complexity index is 551. The van der Waals surface area contributed by atoms with E-state index in [-0.39, 0.29) is 24.5 Å². The van der Waals surface area contributed by atoms with E-state index in [9.17, 15) is 14.4 Å². The number of carboxylic acid groups (broad SMARTS) is 1. The molecule has 0 bridgehead atoms. The van der Waals surface area contributed by atoms with Gasteiger partial charge in [0.05, 0.1) is 7.11 Å². The van der Waals surface area contributed by atoms with Crippen molar-refractivity contribution < 1.29 is 24.2 Å². The van der Waals surface area contributed by atoms with Crippen LogP contribution in [-0.2, 0) is 9.59 Å². The molecule has 0 saturated heterocycles. The van der Waals surface area contributed by atoms with Gasteiger partial charge in [0.2, 0.25) is 5.91 Å². The molecule has 0 aliphatic heterocycles. The molecule has 0 aliphatic rings. The maximum Gasteiger partial charge on any atom is 0.326 e. The van der Waals surface area contributed by atoms with Gasteiger partial charge >= 0.3 is 5.97 Å². The first-order valence-electron chi connectivity index (χ1n) is 7.53. The molecule has 0 spiro atoms. The van der Waals surface area contributed by atoms with Crippen LogP contribution in [0.3, 0.4) is 0 Å². The molecule has 1 aromatic carbocycles. The summed E-state index contributed by atoms with van der Waals surface area (Å²) >= 11 is 0. The van der Waals surface area contributed by atoms with Gasteiger partial charge in [-0.05, 0) is 36.6 Å². The van der Waals surface area contributed by atoms with E-state index in [0.29, 0.717) is 17.7 Å². The van der Waals surface area contributed by atoms with Gasteiger partial charge in [-0.1, -0.05) is 13.8 Å². The Morgan fingerprint density at radius 2 is 1.74 bits per heavy atom. The lowest BCUT2D eigenvalue weighted by Crippen LogP contribution is -2.41. The smallest absolute Gasteiger partial charge is 0.326 e. The molecule has 0 radical (unpaired) electrons. The van der Waals surface area contributed by atoms with Crippen LogP contribution in [-0.4, -0.2) is 35.9 Å². The molecular weight excluding hydrogens is 298 g/mol. The van der Waals surface area contributed by atoms with Crippen LogP contribution >= 0.6 is 0 Å². The largest absolute Gasteiger partial charge is 0.497 e. The molecule has 1 aromatic rings. The van der Waals surface area contributed by atoms with Gasteiger partial charge in [0.1, 0.15) is 11.8 Å². The lowest BCUT2D eigenvalue weighted by atomic mass is 10.0. The number of nitrogens with one attached hydrogen (secondary N) is 1. The Balaban J connectivity index is 2.50. The number of Topliss-reactive ketones (excluding diaryl/α,β-unsaturated/α-hetero) is 1. The fourth-order valence-corrected chi connectivity index (χ4v) is 2.11. The SMILES string of the molecule is COc1ccc(C(=O)CCC(=O)N[C@H](CC(C)C)C(=O)O)cc1. The fourth-order valence-electron chi connectivity index (χ4n) is 2.11. The minimum atomic E-state index is -1.06. The lowest BCUT2D eigenvalue weighted by Gasteiger charge is -2.16. The van der Waals surface area contributed by atoms with Crippen LogP contribution in [0.5, 0.6) is 5.75 Å². The quantitative estimate of drug-likeness (QED) is 0.681. The number of ketones is 1. The summed E-state index contributed by atoms with van der Waals surface area (Å²) in [6.07, 6.45) is 0.354. The molecular formula is C17H23NO5. The summed E-state index contributed by atoms with van der Waals surface area (Å²) in [6.45, 7) is 3.77. The highest BCUT2D eigenvalue weighted by molar-refractivity contribution is 5.98. The van der Waals surface area contributed by atoms with Crippen molar-refractivity contribution in [1.82, 2.24) is 5.32 Å². The number of methoxy groups -OCH3 is 1. The van der Waals surface area contributed by atoms with E-state index < -0.39 is 17.9 Å². The minimum Gasteiger partial charge on any atom is -0.497 e. The van der Waals surface area contributed by atoms with E-state index in [0.717, 1.165) is 0 Å². The third-order valence-corrected chi connectivity index (χ3v) is 3.33. The van der Waals surface area contributed by atoms with Crippen molar-refractivity contribution in [3.8, 4) is 5.75 Å². The summed E-state index contributed by atoms with van der Waals surface area (Å²) in [7, 11) is 1.54. The average molecular weight is 321 g/mol. The number of hydrogen-bond acceptors (Lipinski definition) is 4. The Kier molecular flexibility index (Phi) is 7.25. The van der Waals surface area contributed by atoms with Crippen LogP contribution in [0, 0.1) is 5.92 Å². The van der Waals surface area contributed by atoms with Crippen molar-refractivity contribution in [2.75, 3.05) is 7.11 Å². The zero-order chi connectivity index (χ0) is 17.4. The van der Waals surface area contributed by atoms with Gasteiger partial charge in [0.25, 0.3) is 0 Å². The molecule has 1 rings (SSSR count). The number of aliphatic carboxylic acids is 1. The second-order valence-electron chi connectivity index (χ2n) is 5.74. The number of hydrogen-bond donors (Lipinski definition) is 2. The van der Waals surface area contributed by atoms with Crippen molar-refractivity contribution >= 4 is 17.7 Å². The standard InChI is InChI=1S/C17H23NO5/c1-11(2)10-14(17(21)22)18-16(20)9-8-15(19)12-4-6-13(23-3)7-5-12/h4-7,11,14H,8-10H2,1-3H3,(H,18,20)(H,21,22)/t14-/m1/s1. The molecule has 2 N–H and O–H groups in total. The molecule has 0 saturated carbocycles. The molecule has 23 heavy (non-hydrogen) atoms. The number of carboxylic acids is 1. The highest BCUT2D eigenvalue weighted by Gasteiger charge is 2.21. The van der Waals surface area contributed by atoms with Gasteiger partial charge < -0.3 is 15.2 Å². The monoisotopic (exact) mass is 321 g/mol. The van der Waals surface area contributed by atoms with Crippen LogP contribution < -0.4 is 10.1 Å². The normalized spacial score (nSPS) is 11.8. The van der Waals surface area contributed by atoms with Gasteiger partial charge in [-0.3, -0.25) is 9.59 Å². The first-order chi connectivity index (χ1) is 10.8. The maximum absolute atomic E-state index is 12.0. The molecule has 0 unspecified atom stereocenters. The molecule has 126 valence electrons. The number of carbonyl (C=O) groups is 3. The highest BCUT2D eigenvalue weighted by atomic mass is 16.5. The van der Waals surface area contributed by atoms with E-state index in [1.54, 1.807) is 24.3 Å². The number of benzene rings is 1. The summed E-state index contributed by atoms with van der Waals surface area (Å²) in [5.41, 5.74) is 0.496. The van der Waals surface area contributed by atoms with Crippen molar-refractivity contribution in [2.45, 2.75) is 39.2 Å². The van der Waals surface area contributed by atoms with Gasteiger partial charge in [-0.2, -0.15) is 0 Å². The summed E-state index contributed by atoms with van der Waals surface area (Å²) in [5.74, 6) is -0.860. The predicted octanol–water partition coefficient (Wildman–Crippen LogP) is 2.27. The average Bonchev–Trinajstić information content (AvgIpc) is 2.51. The molecule has 0 aromatic heterocycles. The lowest BCUT2D eigenvalue weighted by molar-refractivity contribution is -0.142. The highest BCUT2D eigenvalue weighted by Crippen LogP contribution is 2.13. The number of carbonyl (C=O) groups excluding carboxylic acids is 2. The predicted molar refractivity (Wildman–Crippen MR) is 85.6 cm³/mol. The Hall–Kier alpha value is -2.37. The third kappa shape index (κ3) is 6.50. The van der Waals surface area contributed by atoms with Crippen LogP contribution in [0.4, 0.5) is 0 Å². The topological polar surface area (TPSA) is 92.7 Å². The minimum absolute atomic E-state index is 0.0339. The fraction of sp³-hybridized carbons (Fsp3) is 0.471. The summed E-state index contributed by atoms with van der Waals surface area (Å²) in [5, 5.41) is 11.5. The first-order valence-corrected chi connectivity index (χ1v) is 7.53. The molecule has 1 amide bonds. The van der Waals surface area contributed by atoms with Gasteiger partial charge in [-0.25, -0.2) is 4.79 Å². The number of ether oxygens (including phenoxy) is 1. The zero-order valence-electron chi connectivity index (χ0n) is 13.7. The Morgan fingerprint density at radius 1 is 1.13 bits per heavy atom. The molecule has 6 heteroatoms. The number of amides is 1. The van der Waals surface area contributed by atoms with Crippen LogP contribution in [0.2, 0.25) is 0 Å². The molecule has 1 atom stereocenters. The van der Waals surface area contributed by atoms with E-state index in [1.807, 2.05) is 13.8 Å². The summed E-state index contributed by atoms with van der Waals surface area (Å²) in [6, 6.07) is 5.71. The van der Waals surface area contributed by atoms with Crippen molar-refractivity contribution in [1.29, 1.82) is 0 Å². The molecule has 0 heterocycles. The second kappa shape index (κ2) is 8.92.